The minimum Gasteiger partial charge on any atom is -0.465 e. The van der Waals surface area contributed by atoms with Crippen LogP contribution < -0.4 is 4.90 Å². The summed E-state index contributed by atoms with van der Waals surface area (Å²) in [5, 5.41) is 13.6. The Kier molecular flexibility index (Phi) is 7.69. The molecular formula is C25H36FN7O3Si. The third kappa shape index (κ3) is 6.01. The average molecular weight is 530 g/mol. The van der Waals surface area contributed by atoms with Gasteiger partial charge in [-0.2, -0.15) is 10.1 Å². The van der Waals surface area contributed by atoms with Crippen molar-refractivity contribution in [2.24, 2.45) is 0 Å². The van der Waals surface area contributed by atoms with E-state index < -0.39 is 20.0 Å². The molecule has 1 aliphatic heterocycles. The molecule has 37 heavy (non-hydrogen) atoms. The molecule has 1 fully saturated rings. The maximum absolute atomic E-state index is 15.1. The zero-order valence-corrected chi connectivity index (χ0v) is 23.4. The summed E-state index contributed by atoms with van der Waals surface area (Å²) in [5.74, 6) is 0.546. The number of likely N-dealkylation sites (N-methyl/N-ethyl adjacent to an activating group) is 1. The van der Waals surface area contributed by atoms with E-state index in [1.165, 1.54) is 15.8 Å². The molecule has 0 unspecified atom stereocenters. The first-order valence-electron chi connectivity index (χ1n) is 12.5. The van der Waals surface area contributed by atoms with Gasteiger partial charge < -0.3 is 19.6 Å². The molecule has 1 saturated heterocycles. The molecule has 4 heterocycles. The molecule has 10 nitrogen and oxygen atoms in total. The highest BCUT2D eigenvalue weighted by Crippen LogP contribution is 2.29. The Morgan fingerprint density at radius 3 is 2.59 bits per heavy atom. The van der Waals surface area contributed by atoms with Gasteiger partial charge in [-0.15, -0.1) is 0 Å². The molecule has 200 valence electrons. The lowest BCUT2D eigenvalue weighted by Crippen LogP contribution is -2.38. The molecule has 0 saturated carbocycles. The normalized spacial score (nSPS) is 16.0. The fraction of sp³-hybridized carbons (Fsp3) is 0.520. The van der Waals surface area contributed by atoms with Gasteiger partial charge in [0, 0.05) is 52.3 Å². The number of hydrogen-bond acceptors (Lipinski definition) is 6. The predicted molar refractivity (Wildman–Crippen MR) is 143 cm³/mol. The Hall–Kier alpha value is -3.25. The SMILES string of the molecule is Cc1ccc(C)n1-c1nc(-c2c(F)cnn2COCC[Si](C)(C)C)cc(N2CC[C@@H](N(C)C(=O)O)C2)n1. The fourth-order valence-electron chi connectivity index (χ4n) is 4.46. The first-order valence-corrected chi connectivity index (χ1v) is 16.2. The fourth-order valence-corrected chi connectivity index (χ4v) is 5.21. The average Bonchev–Trinajstić information content (AvgIpc) is 3.54. The van der Waals surface area contributed by atoms with Crippen LogP contribution in [0.2, 0.25) is 25.7 Å². The van der Waals surface area contributed by atoms with Gasteiger partial charge in [0.1, 0.15) is 18.2 Å². The van der Waals surface area contributed by atoms with Crippen molar-refractivity contribution in [2.45, 2.75) is 58.7 Å². The lowest BCUT2D eigenvalue weighted by Gasteiger charge is -2.23. The number of carbonyl (C=O) groups is 1. The molecule has 12 heteroatoms. The first-order chi connectivity index (χ1) is 17.4. The summed E-state index contributed by atoms with van der Waals surface area (Å²) in [6, 6.07) is 6.56. The Labute approximate surface area is 217 Å². The van der Waals surface area contributed by atoms with E-state index in [4.69, 9.17) is 14.7 Å². The number of aryl methyl sites for hydroxylation is 2. The molecule has 3 aromatic heterocycles. The zero-order valence-electron chi connectivity index (χ0n) is 22.4. The molecule has 1 amide bonds. The molecule has 1 aliphatic rings. The van der Waals surface area contributed by atoms with E-state index in [9.17, 15) is 9.90 Å². The van der Waals surface area contributed by atoms with Crippen molar-refractivity contribution in [3.8, 4) is 17.3 Å². The summed E-state index contributed by atoms with van der Waals surface area (Å²) in [5.41, 5.74) is 2.54. The van der Waals surface area contributed by atoms with E-state index in [-0.39, 0.29) is 18.5 Å². The van der Waals surface area contributed by atoms with E-state index >= 15 is 4.39 Å². The third-order valence-corrected chi connectivity index (χ3v) is 8.46. The number of hydrogen-bond donors (Lipinski definition) is 1. The van der Waals surface area contributed by atoms with Crippen molar-refractivity contribution in [3.05, 3.63) is 41.6 Å². The van der Waals surface area contributed by atoms with Crippen LogP contribution in [0.15, 0.2) is 24.4 Å². The highest BCUT2D eigenvalue weighted by Gasteiger charge is 2.30. The quantitative estimate of drug-likeness (QED) is 0.324. The molecule has 0 aliphatic carbocycles. The van der Waals surface area contributed by atoms with Gasteiger partial charge in [0.05, 0.1) is 17.9 Å². The van der Waals surface area contributed by atoms with Crippen LogP contribution in [0, 0.1) is 19.7 Å². The summed E-state index contributed by atoms with van der Waals surface area (Å²) in [6.45, 7) is 12.6. The van der Waals surface area contributed by atoms with Crippen molar-refractivity contribution < 1.29 is 19.0 Å². The standard InChI is InChI=1S/C25H36FN7O3Si/c1-17-7-8-18(2)33(17)24-28-21(13-22(29-24)31-10-9-19(15-31)30(3)25(34)35)23-20(26)14-27-32(23)16-36-11-12-37(4,5)6/h7-8,13-14,19H,9-12,15-16H2,1-6H3,(H,34,35)/t19-/m1/s1. The molecule has 0 bridgehead atoms. The number of carboxylic acid groups (broad SMARTS) is 1. The molecule has 0 spiro atoms. The van der Waals surface area contributed by atoms with Gasteiger partial charge in [-0.3, -0.25) is 4.57 Å². The second-order valence-electron chi connectivity index (χ2n) is 10.8. The van der Waals surface area contributed by atoms with Crippen LogP contribution in [0.5, 0.6) is 0 Å². The second-order valence-corrected chi connectivity index (χ2v) is 16.5. The van der Waals surface area contributed by atoms with E-state index in [0.717, 1.165) is 17.4 Å². The van der Waals surface area contributed by atoms with Crippen LogP contribution in [-0.2, 0) is 11.5 Å². The predicted octanol–water partition coefficient (Wildman–Crippen LogP) is 4.39. The van der Waals surface area contributed by atoms with E-state index in [1.54, 1.807) is 13.1 Å². The van der Waals surface area contributed by atoms with Gasteiger partial charge >= 0.3 is 6.09 Å². The minimum absolute atomic E-state index is 0.120. The van der Waals surface area contributed by atoms with Crippen molar-refractivity contribution >= 4 is 20.0 Å². The number of amides is 1. The lowest BCUT2D eigenvalue weighted by atomic mass is 10.2. The largest absolute Gasteiger partial charge is 0.465 e. The topological polar surface area (TPSA) is 102 Å². The monoisotopic (exact) mass is 529 g/mol. The van der Waals surface area contributed by atoms with E-state index in [1.807, 2.05) is 35.4 Å². The van der Waals surface area contributed by atoms with Crippen molar-refractivity contribution in [1.29, 1.82) is 0 Å². The summed E-state index contributed by atoms with van der Waals surface area (Å²) in [6.07, 6.45) is 0.893. The van der Waals surface area contributed by atoms with Gasteiger partial charge in [0.15, 0.2) is 5.82 Å². The highest BCUT2D eigenvalue weighted by molar-refractivity contribution is 6.76. The molecule has 0 aromatic carbocycles. The zero-order chi connectivity index (χ0) is 26.9. The van der Waals surface area contributed by atoms with Crippen molar-refractivity contribution in [2.75, 3.05) is 31.6 Å². The molecule has 1 atom stereocenters. The maximum Gasteiger partial charge on any atom is 0.407 e. The van der Waals surface area contributed by atoms with Crippen LogP contribution in [-0.4, -0.2) is 81.3 Å². The van der Waals surface area contributed by atoms with Crippen molar-refractivity contribution in [3.63, 3.8) is 0 Å². The van der Waals surface area contributed by atoms with Crippen LogP contribution >= 0.6 is 0 Å². The third-order valence-electron chi connectivity index (χ3n) is 6.76. The van der Waals surface area contributed by atoms with Crippen LogP contribution in [0.4, 0.5) is 15.0 Å². The second kappa shape index (κ2) is 10.6. The minimum atomic E-state index is -1.26. The highest BCUT2D eigenvalue weighted by atomic mass is 28.3. The summed E-state index contributed by atoms with van der Waals surface area (Å²) < 4.78 is 24.4. The van der Waals surface area contributed by atoms with Crippen molar-refractivity contribution in [1.82, 2.24) is 29.2 Å². The number of aromatic nitrogens is 5. The number of halogens is 1. The Balaban J connectivity index is 1.70. The van der Waals surface area contributed by atoms with Crippen LogP contribution in [0.25, 0.3) is 17.3 Å². The molecule has 0 radical (unpaired) electrons. The molecule has 4 rings (SSSR count). The van der Waals surface area contributed by atoms with Crippen LogP contribution in [0.1, 0.15) is 17.8 Å². The van der Waals surface area contributed by atoms with E-state index in [0.29, 0.717) is 43.6 Å². The summed E-state index contributed by atoms with van der Waals surface area (Å²) in [7, 11) is 0.321. The maximum atomic E-state index is 15.1. The first kappa shape index (κ1) is 26.8. The van der Waals surface area contributed by atoms with Gasteiger partial charge in [-0.05, 0) is 38.4 Å². The smallest absolute Gasteiger partial charge is 0.407 e. The van der Waals surface area contributed by atoms with E-state index in [2.05, 4.69) is 24.7 Å². The lowest BCUT2D eigenvalue weighted by molar-refractivity contribution is 0.0796. The van der Waals surface area contributed by atoms with Crippen LogP contribution in [0.3, 0.4) is 0 Å². The molecule has 1 N–H and O–H groups in total. The Morgan fingerprint density at radius 1 is 1.24 bits per heavy atom. The molecule has 3 aromatic rings. The number of anilines is 1. The van der Waals surface area contributed by atoms with Gasteiger partial charge in [-0.1, -0.05) is 19.6 Å². The van der Waals surface area contributed by atoms with Gasteiger partial charge in [0.25, 0.3) is 0 Å². The summed E-state index contributed by atoms with van der Waals surface area (Å²) >= 11 is 0. The number of ether oxygens (including phenoxy) is 1. The number of rotatable bonds is 9. The summed E-state index contributed by atoms with van der Waals surface area (Å²) in [4.78, 5) is 24.4. The molecular weight excluding hydrogens is 493 g/mol. The Morgan fingerprint density at radius 2 is 1.95 bits per heavy atom. The number of nitrogens with zero attached hydrogens (tertiary/aromatic N) is 7. The van der Waals surface area contributed by atoms with Gasteiger partial charge in [0.2, 0.25) is 5.95 Å². The Bertz CT molecular complexity index is 1250. The van der Waals surface area contributed by atoms with Gasteiger partial charge in [-0.25, -0.2) is 18.9 Å².